The summed E-state index contributed by atoms with van der Waals surface area (Å²) in [6.45, 7) is 1.51. The molecule has 3 aromatic rings. The predicted octanol–water partition coefficient (Wildman–Crippen LogP) is 1.13. The van der Waals surface area contributed by atoms with Crippen LogP contribution in [0, 0.1) is 0 Å². The van der Waals surface area contributed by atoms with Crippen LogP contribution in [0.3, 0.4) is 0 Å². The van der Waals surface area contributed by atoms with Gasteiger partial charge in [0.05, 0.1) is 28.3 Å². The lowest BCUT2D eigenvalue weighted by molar-refractivity contribution is -0.0718. The van der Waals surface area contributed by atoms with Crippen molar-refractivity contribution in [2.24, 2.45) is 0 Å². The Kier molecular flexibility index (Phi) is 3.42. The second-order valence-electron chi connectivity index (χ2n) is 8.46. The molecule has 1 aliphatic carbocycles. The van der Waals surface area contributed by atoms with Crippen molar-refractivity contribution in [3.8, 4) is 11.5 Å². The third-order valence-electron chi connectivity index (χ3n) is 6.66. The zero-order valence-corrected chi connectivity index (χ0v) is 16.9. The Hall–Kier alpha value is -2.30. The molecule has 2 saturated heterocycles. The molecule has 3 fully saturated rings. The molecule has 1 saturated carbocycles. The molecule has 29 heavy (non-hydrogen) atoms. The Morgan fingerprint density at radius 3 is 2.90 bits per heavy atom. The van der Waals surface area contributed by atoms with Crippen LogP contribution in [0.4, 0.5) is 0 Å². The molecular formula is C19H22N6O3S. The van der Waals surface area contributed by atoms with Crippen molar-refractivity contribution in [3.63, 3.8) is 0 Å². The fourth-order valence-electron chi connectivity index (χ4n) is 4.90. The van der Waals surface area contributed by atoms with Gasteiger partial charge in [0, 0.05) is 31.1 Å². The van der Waals surface area contributed by atoms with Gasteiger partial charge in [-0.1, -0.05) is 0 Å². The SMILES string of the molecule is CS(=O)(=O)C1(c2cc(C34CCC(CNC3)O4)nn3c(-c4ccn[nH]4)ncc23)CC1. The summed E-state index contributed by atoms with van der Waals surface area (Å²) in [6.07, 6.45) is 7.93. The maximum Gasteiger partial charge on any atom is 0.179 e. The summed E-state index contributed by atoms with van der Waals surface area (Å²) in [7, 11) is -3.29. The van der Waals surface area contributed by atoms with Crippen molar-refractivity contribution in [2.45, 2.75) is 42.1 Å². The summed E-state index contributed by atoms with van der Waals surface area (Å²) in [4.78, 5) is 4.54. The number of H-pyrrole nitrogens is 1. The number of nitrogens with one attached hydrogen (secondary N) is 2. The average Bonchev–Trinajstić information content (AvgIpc) is 3.03. The van der Waals surface area contributed by atoms with E-state index in [4.69, 9.17) is 9.84 Å². The summed E-state index contributed by atoms with van der Waals surface area (Å²) in [5.74, 6) is 0.611. The molecule has 2 aliphatic heterocycles. The number of sulfone groups is 1. The number of fused-ring (bicyclic) bond motifs is 3. The van der Waals surface area contributed by atoms with E-state index in [0.717, 1.165) is 41.9 Å². The van der Waals surface area contributed by atoms with Gasteiger partial charge < -0.3 is 10.1 Å². The van der Waals surface area contributed by atoms with Crippen molar-refractivity contribution in [1.82, 2.24) is 30.1 Å². The first-order valence-electron chi connectivity index (χ1n) is 9.90. The summed E-state index contributed by atoms with van der Waals surface area (Å²) in [5.41, 5.74) is 2.46. The van der Waals surface area contributed by atoms with Crippen molar-refractivity contribution < 1.29 is 13.2 Å². The van der Waals surface area contributed by atoms with Crippen molar-refractivity contribution >= 4 is 15.4 Å². The third kappa shape index (κ3) is 2.39. The molecule has 0 radical (unpaired) electrons. The molecule has 2 N–H and O–H groups in total. The largest absolute Gasteiger partial charge is 0.363 e. The van der Waals surface area contributed by atoms with E-state index in [1.807, 2.05) is 12.1 Å². The lowest BCUT2D eigenvalue weighted by Gasteiger charge is -2.34. The molecule has 2 unspecified atom stereocenters. The van der Waals surface area contributed by atoms with Crippen molar-refractivity contribution in [1.29, 1.82) is 0 Å². The Balaban J connectivity index is 1.63. The van der Waals surface area contributed by atoms with Gasteiger partial charge in [-0.2, -0.15) is 10.2 Å². The van der Waals surface area contributed by atoms with Gasteiger partial charge in [-0.3, -0.25) is 5.10 Å². The van der Waals surface area contributed by atoms with E-state index in [2.05, 4.69) is 20.5 Å². The Bertz CT molecular complexity index is 1210. The molecule has 0 amide bonds. The average molecular weight is 414 g/mol. The summed E-state index contributed by atoms with van der Waals surface area (Å²) >= 11 is 0. The fraction of sp³-hybridized carbons (Fsp3) is 0.526. The highest BCUT2D eigenvalue weighted by atomic mass is 32.2. The zero-order valence-electron chi connectivity index (χ0n) is 16.1. The van der Waals surface area contributed by atoms with Gasteiger partial charge in [0.1, 0.15) is 11.3 Å². The van der Waals surface area contributed by atoms with Gasteiger partial charge in [-0.25, -0.2) is 17.9 Å². The summed E-state index contributed by atoms with van der Waals surface area (Å²) in [5, 5.41) is 15.3. The van der Waals surface area contributed by atoms with Crippen LogP contribution in [0.2, 0.25) is 0 Å². The van der Waals surface area contributed by atoms with E-state index in [0.29, 0.717) is 25.2 Å². The molecule has 6 rings (SSSR count). The van der Waals surface area contributed by atoms with Crippen molar-refractivity contribution in [2.75, 3.05) is 19.3 Å². The maximum atomic E-state index is 12.7. The lowest BCUT2D eigenvalue weighted by atomic mass is 9.94. The molecule has 5 heterocycles. The third-order valence-corrected chi connectivity index (χ3v) is 8.71. The van der Waals surface area contributed by atoms with Crippen LogP contribution in [-0.4, -0.2) is 58.7 Å². The molecule has 3 aromatic heterocycles. The highest BCUT2D eigenvalue weighted by molar-refractivity contribution is 7.92. The van der Waals surface area contributed by atoms with E-state index in [1.165, 1.54) is 6.26 Å². The Labute approximate surface area is 167 Å². The molecule has 2 atom stereocenters. The Morgan fingerprint density at radius 2 is 2.17 bits per heavy atom. The molecule has 3 aliphatic rings. The summed E-state index contributed by atoms with van der Waals surface area (Å²) in [6, 6.07) is 3.78. The van der Waals surface area contributed by atoms with Crippen LogP contribution in [0.15, 0.2) is 24.5 Å². The monoisotopic (exact) mass is 414 g/mol. The van der Waals surface area contributed by atoms with Gasteiger partial charge in [0.2, 0.25) is 0 Å². The zero-order chi connectivity index (χ0) is 19.9. The number of aromatic nitrogens is 5. The number of hydrogen-bond donors (Lipinski definition) is 2. The maximum absolute atomic E-state index is 12.7. The number of morpholine rings is 1. The van der Waals surface area contributed by atoms with Gasteiger partial charge in [0.25, 0.3) is 0 Å². The topological polar surface area (TPSA) is 114 Å². The lowest BCUT2D eigenvalue weighted by Crippen LogP contribution is -2.46. The molecule has 9 nitrogen and oxygen atoms in total. The smallest absolute Gasteiger partial charge is 0.179 e. The van der Waals surface area contributed by atoms with E-state index in [1.54, 1.807) is 16.9 Å². The molecule has 0 spiro atoms. The van der Waals surface area contributed by atoms with E-state index >= 15 is 0 Å². The number of nitrogens with zero attached hydrogens (tertiary/aromatic N) is 4. The minimum absolute atomic E-state index is 0.171. The van der Waals surface area contributed by atoms with Crippen LogP contribution in [0.25, 0.3) is 17.0 Å². The number of hydrogen-bond acceptors (Lipinski definition) is 7. The molecule has 152 valence electrons. The van der Waals surface area contributed by atoms with Crippen LogP contribution >= 0.6 is 0 Å². The van der Waals surface area contributed by atoms with Gasteiger partial charge in [0.15, 0.2) is 15.7 Å². The molecular weight excluding hydrogens is 392 g/mol. The minimum atomic E-state index is -3.29. The van der Waals surface area contributed by atoms with Crippen LogP contribution < -0.4 is 5.32 Å². The number of imidazole rings is 1. The first-order valence-corrected chi connectivity index (χ1v) is 11.8. The molecule has 10 heteroatoms. The Morgan fingerprint density at radius 1 is 1.31 bits per heavy atom. The van der Waals surface area contributed by atoms with Crippen LogP contribution in [0.5, 0.6) is 0 Å². The van der Waals surface area contributed by atoms with Crippen molar-refractivity contribution in [3.05, 3.63) is 35.8 Å². The minimum Gasteiger partial charge on any atom is -0.363 e. The van der Waals surface area contributed by atoms with Crippen LogP contribution in [-0.2, 0) is 24.9 Å². The highest BCUT2D eigenvalue weighted by Gasteiger charge is 2.56. The highest BCUT2D eigenvalue weighted by Crippen LogP contribution is 2.54. The second-order valence-corrected chi connectivity index (χ2v) is 10.8. The predicted molar refractivity (Wildman–Crippen MR) is 105 cm³/mol. The number of ether oxygens (including phenoxy) is 1. The second kappa shape index (κ2) is 5.65. The quantitative estimate of drug-likeness (QED) is 0.658. The van der Waals surface area contributed by atoms with E-state index in [-0.39, 0.29) is 6.10 Å². The van der Waals surface area contributed by atoms with Gasteiger partial charge in [-0.15, -0.1) is 0 Å². The van der Waals surface area contributed by atoms with Gasteiger partial charge >= 0.3 is 0 Å². The number of rotatable bonds is 4. The van der Waals surface area contributed by atoms with Gasteiger partial charge in [-0.05, 0) is 37.8 Å². The standard InChI is InChI=1S/C19H22N6O3S/c1-29(26,27)19(5-6-19)13-8-16(18-4-2-12(28-18)9-20-11-18)24-25-15(13)10-21-17(25)14-3-7-22-23-14/h3,7-8,10,12,20H,2,4-6,9,11H2,1H3,(H,22,23). The first kappa shape index (κ1) is 17.5. The fourth-order valence-corrected chi connectivity index (χ4v) is 6.31. The first-order chi connectivity index (χ1) is 13.9. The van der Waals surface area contributed by atoms with E-state index in [9.17, 15) is 8.42 Å². The van der Waals surface area contributed by atoms with E-state index < -0.39 is 20.2 Å². The summed E-state index contributed by atoms with van der Waals surface area (Å²) < 4.78 is 32.7. The normalized spacial score (nSPS) is 28.1. The molecule has 0 aromatic carbocycles. The number of aromatic amines is 1. The molecule has 2 bridgehead atoms. The van der Waals surface area contributed by atoms with Crippen LogP contribution in [0.1, 0.15) is 36.9 Å².